The van der Waals surface area contributed by atoms with Crippen LogP contribution in [0.2, 0.25) is 5.02 Å². The van der Waals surface area contributed by atoms with Crippen LogP contribution in [0.5, 0.6) is 0 Å². The van der Waals surface area contributed by atoms with Crippen molar-refractivity contribution in [2.75, 3.05) is 0 Å². The summed E-state index contributed by atoms with van der Waals surface area (Å²) in [4.78, 5) is 0. The summed E-state index contributed by atoms with van der Waals surface area (Å²) in [5, 5.41) is 15.2. The lowest BCUT2D eigenvalue weighted by molar-refractivity contribution is -0.179. The van der Waals surface area contributed by atoms with Gasteiger partial charge in [0.25, 0.3) is 0 Å². The maximum Gasteiger partial charge on any atom is 0.135 e. The molecule has 1 aromatic heterocycles. The number of aliphatic hydroxyl groups is 1. The maximum atomic E-state index is 12.3. The van der Waals surface area contributed by atoms with Crippen molar-refractivity contribution in [2.45, 2.75) is 37.7 Å². The average Bonchev–Trinajstić information content (AvgIpc) is 3.15. The minimum atomic E-state index is -0.749. The fourth-order valence-electron chi connectivity index (χ4n) is 7.34. The Kier molecular flexibility index (Phi) is 3.76. The third-order valence-corrected chi connectivity index (χ3v) is 8.72. The van der Waals surface area contributed by atoms with Gasteiger partial charge in [0, 0.05) is 15.8 Å². The summed E-state index contributed by atoms with van der Waals surface area (Å²) in [5.41, 5.74) is 4.27. The third-order valence-electron chi connectivity index (χ3n) is 8.48. The highest BCUT2D eigenvalue weighted by Gasteiger charge is 2.57. The number of furan rings is 1. The Bertz CT molecular complexity index is 1310. The summed E-state index contributed by atoms with van der Waals surface area (Å²) in [6.07, 6.45) is 6.03. The molecule has 4 bridgehead atoms. The first-order valence-corrected chi connectivity index (χ1v) is 11.9. The smallest absolute Gasteiger partial charge is 0.135 e. The summed E-state index contributed by atoms with van der Waals surface area (Å²) < 4.78 is 6.04. The minimum absolute atomic E-state index is 0.363. The molecule has 4 saturated carbocycles. The molecule has 0 aliphatic heterocycles. The Hall–Kier alpha value is -2.29. The zero-order valence-corrected chi connectivity index (χ0v) is 18.1. The number of fused-ring (bicyclic) bond motifs is 3. The Balaban J connectivity index is 1.43. The molecule has 0 atom stereocenters. The molecule has 4 aromatic rings. The average molecular weight is 429 g/mol. The lowest BCUT2D eigenvalue weighted by atomic mass is 9.48. The van der Waals surface area contributed by atoms with Crippen LogP contribution < -0.4 is 0 Å². The van der Waals surface area contributed by atoms with Gasteiger partial charge >= 0.3 is 0 Å². The Labute approximate surface area is 186 Å². The molecule has 31 heavy (non-hydrogen) atoms. The van der Waals surface area contributed by atoms with E-state index in [0.717, 1.165) is 76.1 Å². The van der Waals surface area contributed by atoms with Crippen molar-refractivity contribution in [3.05, 3.63) is 71.2 Å². The van der Waals surface area contributed by atoms with Crippen molar-refractivity contribution in [3.8, 4) is 11.1 Å². The van der Waals surface area contributed by atoms with Crippen LogP contribution in [0.1, 0.15) is 37.7 Å². The second-order valence-corrected chi connectivity index (χ2v) is 10.6. The van der Waals surface area contributed by atoms with E-state index in [1.54, 1.807) is 0 Å². The van der Waals surface area contributed by atoms with Crippen LogP contribution in [-0.2, 0) is 5.60 Å². The lowest BCUT2D eigenvalue weighted by Gasteiger charge is -2.59. The van der Waals surface area contributed by atoms with Gasteiger partial charge in [0.15, 0.2) is 0 Å². The molecule has 1 N–H and O–H groups in total. The van der Waals surface area contributed by atoms with E-state index in [9.17, 15) is 5.11 Å². The van der Waals surface area contributed by atoms with Gasteiger partial charge in [-0.25, -0.2) is 0 Å². The number of para-hydroxylation sites is 1. The van der Waals surface area contributed by atoms with Gasteiger partial charge in [0.05, 0.1) is 5.60 Å². The largest absolute Gasteiger partial charge is 0.456 e. The van der Waals surface area contributed by atoms with E-state index in [1.165, 1.54) is 6.42 Å². The van der Waals surface area contributed by atoms with Crippen molar-refractivity contribution >= 4 is 33.5 Å². The fraction of sp³-hybridized carbons (Fsp3) is 0.357. The second-order valence-electron chi connectivity index (χ2n) is 10.1. The molecule has 4 aliphatic carbocycles. The number of hydrogen-bond acceptors (Lipinski definition) is 2. The Morgan fingerprint density at radius 1 is 0.774 bits per heavy atom. The van der Waals surface area contributed by atoms with Crippen molar-refractivity contribution in [3.63, 3.8) is 0 Å². The summed E-state index contributed by atoms with van der Waals surface area (Å²) in [6, 6.07) is 20.6. The first-order chi connectivity index (χ1) is 15.1. The Morgan fingerprint density at radius 3 is 2.26 bits per heavy atom. The van der Waals surface area contributed by atoms with E-state index in [2.05, 4.69) is 30.3 Å². The molecule has 4 fully saturated rings. The van der Waals surface area contributed by atoms with E-state index in [0.29, 0.717) is 16.9 Å². The van der Waals surface area contributed by atoms with Crippen LogP contribution in [0.15, 0.2) is 65.1 Å². The van der Waals surface area contributed by atoms with Gasteiger partial charge in [-0.05, 0) is 103 Å². The van der Waals surface area contributed by atoms with Gasteiger partial charge in [-0.15, -0.1) is 0 Å². The highest BCUT2D eigenvalue weighted by atomic mass is 35.5. The third kappa shape index (κ3) is 2.55. The van der Waals surface area contributed by atoms with E-state index < -0.39 is 5.60 Å². The SMILES string of the molecule is OC1(c2ccc(Cl)cc2-c2ccc3oc4ccccc4c3c2)C2CC3CC(C2)CC1C3. The van der Waals surface area contributed by atoms with Crippen LogP contribution in [0.25, 0.3) is 33.1 Å². The molecule has 0 amide bonds. The number of halogens is 1. The molecule has 3 heteroatoms. The number of benzene rings is 3. The van der Waals surface area contributed by atoms with Crippen molar-refractivity contribution < 1.29 is 9.52 Å². The molecule has 4 aliphatic rings. The minimum Gasteiger partial charge on any atom is -0.456 e. The standard InChI is InChI=1S/C28H25ClO2/c29-21-6-7-25(28(30)19-10-16-9-17(12-19)13-20(28)11-16)23(15-21)18-5-8-27-24(14-18)22-3-1-2-4-26(22)31-27/h1-8,14-17,19-20,30H,9-13H2. The van der Waals surface area contributed by atoms with E-state index in [-0.39, 0.29) is 0 Å². The van der Waals surface area contributed by atoms with Gasteiger partial charge in [0.1, 0.15) is 11.2 Å². The van der Waals surface area contributed by atoms with Gasteiger partial charge in [-0.2, -0.15) is 0 Å². The van der Waals surface area contributed by atoms with Crippen molar-refractivity contribution in [2.24, 2.45) is 23.7 Å². The first-order valence-electron chi connectivity index (χ1n) is 11.5. The molecular formula is C28H25ClO2. The summed E-state index contributed by atoms with van der Waals surface area (Å²) >= 11 is 6.49. The molecule has 2 nitrogen and oxygen atoms in total. The molecule has 0 saturated heterocycles. The van der Waals surface area contributed by atoms with Crippen LogP contribution in [0.3, 0.4) is 0 Å². The first kappa shape index (κ1) is 18.3. The molecule has 1 heterocycles. The highest BCUT2D eigenvalue weighted by Crippen LogP contribution is 2.62. The normalized spacial score (nSPS) is 31.7. The van der Waals surface area contributed by atoms with Gasteiger partial charge in [-0.3, -0.25) is 0 Å². The van der Waals surface area contributed by atoms with Crippen LogP contribution in [-0.4, -0.2) is 5.11 Å². The molecule has 156 valence electrons. The predicted octanol–water partition coefficient (Wildman–Crippen LogP) is 7.55. The zero-order valence-electron chi connectivity index (χ0n) is 17.4. The highest BCUT2D eigenvalue weighted by molar-refractivity contribution is 6.31. The van der Waals surface area contributed by atoms with Crippen LogP contribution in [0, 0.1) is 23.7 Å². The molecular weight excluding hydrogens is 404 g/mol. The maximum absolute atomic E-state index is 12.3. The summed E-state index contributed by atoms with van der Waals surface area (Å²) in [5.74, 6) is 2.35. The summed E-state index contributed by atoms with van der Waals surface area (Å²) in [6.45, 7) is 0. The molecule has 0 unspecified atom stereocenters. The quantitative estimate of drug-likeness (QED) is 0.357. The molecule has 0 spiro atoms. The van der Waals surface area contributed by atoms with Crippen molar-refractivity contribution in [1.82, 2.24) is 0 Å². The van der Waals surface area contributed by atoms with Crippen LogP contribution in [0.4, 0.5) is 0 Å². The van der Waals surface area contributed by atoms with Crippen LogP contribution >= 0.6 is 11.6 Å². The predicted molar refractivity (Wildman–Crippen MR) is 125 cm³/mol. The second kappa shape index (κ2) is 6.37. The Morgan fingerprint density at radius 2 is 1.48 bits per heavy atom. The molecule has 0 radical (unpaired) electrons. The molecule has 8 rings (SSSR count). The van der Waals surface area contributed by atoms with Gasteiger partial charge < -0.3 is 9.52 Å². The summed E-state index contributed by atoms with van der Waals surface area (Å²) in [7, 11) is 0. The molecule has 3 aromatic carbocycles. The van der Waals surface area contributed by atoms with Crippen molar-refractivity contribution in [1.29, 1.82) is 0 Å². The number of hydrogen-bond donors (Lipinski definition) is 1. The topological polar surface area (TPSA) is 33.4 Å². The monoisotopic (exact) mass is 428 g/mol. The van der Waals surface area contributed by atoms with Gasteiger partial charge in [-0.1, -0.05) is 41.9 Å². The van der Waals surface area contributed by atoms with E-state index in [1.807, 2.05) is 30.3 Å². The van der Waals surface area contributed by atoms with E-state index >= 15 is 0 Å². The van der Waals surface area contributed by atoms with Gasteiger partial charge in [0.2, 0.25) is 0 Å². The number of rotatable bonds is 2. The zero-order chi connectivity index (χ0) is 20.7. The lowest BCUT2D eigenvalue weighted by Crippen LogP contribution is -2.55. The fourth-order valence-corrected chi connectivity index (χ4v) is 7.51. The van der Waals surface area contributed by atoms with E-state index in [4.69, 9.17) is 16.0 Å².